The van der Waals surface area contributed by atoms with Gasteiger partial charge in [0.2, 0.25) is 11.9 Å². The summed E-state index contributed by atoms with van der Waals surface area (Å²) in [6.07, 6.45) is 5.92. The van der Waals surface area contributed by atoms with Gasteiger partial charge in [-0.05, 0) is 62.3 Å². The number of piperidine rings is 1. The molecule has 1 amide bonds. The molecule has 178 valence electrons. The maximum Gasteiger partial charge on any atom is 0.242 e. The lowest BCUT2D eigenvalue weighted by atomic mass is 10.1. The minimum absolute atomic E-state index is 0.107. The standard InChI is InChI=1S/C26H31N5O2S/c1-18-11-14-22(33-2)21(17-18)27-24(32)23(19-9-5-3-6-10-19)34-26-29-28-25(31(26)20-12-13-20)30-15-7-4-8-16-30/h3,5-6,9-11,14,17,20,23H,4,7-8,12-13,15-16H2,1-2H3,(H,27,32). The quantitative estimate of drug-likeness (QED) is 0.439. The van der Waals surface area contributed by atoms with E-state index in [0.717, 1.165) is 48.2 Å². The maximum absolute atomic E-state index is 13.6. The van der Waals surface area contributed by atoms with E-state index in [1.807, 2.05) is 55.5 Å². The fourth-order valence-corrected chi connectivity index (χ4v) is 5.54. The predicted molar refractivity (Wildman–Crippen MR) is 136 cm³/mol. The fraction of sp³-hybridized carbons (Fsp3) is 0.423. The van der Waals surface area contributed by atoms with E-state index >= 15 is 0 Å². The lowest BCUT2D eigenvalue weighted by Gasteiger charge is -2.28. The number of amides is 1. The largest absolute Gasteiger partial charge is 0.495 e. The second-order valence-corrected chi connectivity index (χ2v) is 10.1. The molecule has 1 N–H and O–H groups in total. The summed E-state index contributed by atoms with van der Waals surface area (Å²) in [6.45, 7) is 4.04. The van der Waals surface area contributed by atoms with E-state index in [1.54, 1.807) is 7.11 Å². The van der Waals surface area contributed by atoms with Crippen molar-refractivity contribution in [2.75, 3.05) is 30.4 Å². The first-order valence-electron chi connectivity index (χ1n) is 12.0. The Morgan fingerprint density at radius 1 is 1.09 bits per heavy atom. The Bertz CT molecular complexity index is 1140. The molecule has 1 aliphatic carbocycles. The summed E-state index contributed by atoms with van der Waals surface area (Å²) in [4.78, 5) is 16.0. The van der Waals surface area contributed by atoms with Gasteiger partial charge >= 0.3 is 0 Å². The minimum atomic E-state index is -0.470. The van der Waals surface area contributed by atoms with Gasteiger partial charge in [0.05, 0.1) is 12.8 Å². The molecule has 8 heteroatoms. The molecule has 7 nitrogen and oxygen atoms in total. The average molecular weight is 478 g/mol. The van der Waals surface area contributed by atoms with Crippen LogP contribution in [0.3, 0.4) is 0 Å². The van der Waals surface area contributed by atoms with E-state index in [2.05, 4.69) is 25.0 Å². The van der Waals surface area contributed by atoms with Gasteiger partial charge in [-0.1, -0.05) is 48.2 Å². The van der Waals surface area contributed by atoms with Crippen LogP contribution in [0.5, 0.6) is 5.75 Å². The molecule has 34 heavy (non-hydrogen) atoms. The molecular weight excluding hydrogens is 446 g/mol. The summed E-state index contributed by atoms with van der Waals surface area (Å²) < 4.78 is 7.75. The highest BCUT2D eigenvalue weighted by molar-refractivity contribution is 8.00. The number of nitrogens with zero attached hydrogens (tertiary/aromatic N) is 4. The van der Waals surface area contributed by atoms with Gasteiger partial charge in [-0.3, -0.25) is 9.36 Å². The maximum atomic E-state index is 13.6. The molecule has 0 spiro atoms. The average Bonchev–Trinajstić information content (AvgIpc) is 3.62. The normalized spacial score (nSPS) is 16.8. The number of carbonyl (C=O) groups is 1. The van der Waals surface area contributed by atoms with Crippen molar-refractivity contribution in [3.05, 3.63) is 59.7 Å². The first-order chi connectivity index (χ1) is 16.6. The van der Waals surface area contributed by atoms with Crippen LogP contribution in [0.1, 0.15) is 54.5 Å². The monoisotopic (exact) mass is 477 g/mol. The highest BCUT2D eigenvalue weighted by Crippen LogP contribution is 2.44. The van der Waals surface area contributed by atoms with Crippen LogP contribution in [-0.4, -0.2) is 40.9 Å². The number of aryl methyl sites for hydroxylation is 1. The Kier molecular flexibility index (Phi) is 6.76. The molecule has 2 aliphatic rings. The fourth-order valence-electron chi connectivity index (χ4n) is 4.44. The molecule has 1 unspecified atom stereocenters. The lowest BCUT2D eigenvalue weighted by molar-refractivity contribution is -0.115. The van der Waals surface area contributed by atoms with E-state index < -0.39 is 5.25 Å². The molecule has 1 atom stereocenters. The first kappa shape index (κ1) is 22.8. The third-order valence-electron chi connectivity index (χ3n) is 6.37. The molecule has 0 radical (unpaired) electrons. The summed E-state index contributed by atoms with van der Waals surface area (Å²) in [6, 6.07) is 16.1. The van der Waals surface area contributed by atoms with Crippen molar-refractivity contribution in [1.82, 2.24) is 14.8 Å². The van der Waals surface area contributed by atoms with Crippen molar-refractivity contribution in [3.63, 3.8) is 0 Å². The van der Waals surface area contributed by atoms with Gasteiger partial charge in [-0.25, -0.2) is 0 Å². The molecule has 1 aliphatic heterocycles. The van der Waals surface area contributed by atoms with Gasteiger partial charge in [-0.2, -0.15) is 0 Å². The zero-order valence-electron chi connectivity index (χ0n) is 19.7. The second kappa shape index (κ2) is 10.1. The number of aromatic nitrogens is 3. The van der Waals surface area contributed by atoms with E-state index in [1.165, 1.54) is 31.0 Å². The number of anilines is 2. The smallest absolute Gasteiger partial charge is 0.242 e. The van der Waals surface area contributed by atoms with Gasteiger partial charge in [0.15, 0.2) is 5.16 Å². The molecule has 3 aromatic rings. The Hall–Kier alpha value is -3.00. The predicted octanol–water partition coefficient (Wildman–Crippen LogP) is 5.39. The van der Waals surface area contributed by atoms with Crippen LogP contribution in [0.4, 0.5) is 11.6 Å². The molecule has 0 bridgehead atoms. The van der Waals surface area contributed by atoms with Crippen LogP contribution in [-0.2, 0) is 4.79 Å². The molecular formula is C26H31N5O2S. The number of hydrogen-bond donors (Lipinski definition) is 1. The molecule has 1 saturated carbocycles. The Morgan fingerprint density at radius 2 is 1.85 bits per heavy atom. The van der Waals surface area contributed by atoms with Crippen molar-refractivity contribution < 1.29 is 9.53 Å². The number of ether oxygens (including phenoxy) is 1. The summed E-state index contributed by atoms with van der Waals surface area (Å²) in [5.74, 6) is 1.49. The van der Waals surface area contributed by atoms with Crippen molar-refractivity contribution in [1.29, 1.82) is 0 Å². The van der Waals surface area contributed by atoms with E-state index in [-0.39, 0.29) is 5.91 Å². The van der Waals surface area contributed by atoms with E-state index in [4.69, 9.17) is 4.74 Å². The first-order valence-corrected chi connectivity index (χ1v) is 12.9. The molecule has 2 fully saturated rings. The van der Waals surface area contributed by atoms with Crippen molar-refractivity contribution in [2.45, 2.75) is 55.5 Å². The molecule has 5 rings (SSSR count). The minimum Gasteiger partial charge on any atom is -0.495 e. The SMILES string of the molecule is COc1ccc(C)cc1NC(=O)C(Sc1nnc(N2CCCCC2)n1C1CC1)c1ccccc1. The Labute approximate surface area is 204 Å². The number of rotatable bonds is 8. The third kappa shape index (κ3) is 4.92. The highest BCUT2D eigenvalue weighted by Gasteiger charge is 2.34. The van der Waals surface area contributed by atoms with Gasteiger partial charge in [0, 0.05) is 19.1 Å². The summed E-state index contributed by atoms with van der Waals surface area (Å²) in [5.41, 5.74) is 2.66. The second-order valence-electron chi connectivity index (χ2n) is 9.03. The van der Waals surface area contributed by atoms with E-state index in [0.29, 0.717) is 17.5 Å². The van der Waals surface area contributed by atoms with E-state index in [9.17, 15) is 4.79 Å². The van der Waals surface area contributed by atoms with Crippen molar-refractivity contribution in [3.8, 4) is 5.75 Å². The number of benzene rings is 2. The van der Waals surface area contributed by atoms with Gasteiger partial charge < -0.3 is 15.0 Å². The Morgan fingerprint density at radius 3 is 2.56 bits per heavy atom. The zero-order chi connectivity index (χ0) is 23.5. The van der Waals surface area contributed by atoms with Crippen molar-refractivity contribution >= 4 is 29.3 Å². The van der Waals surface area contributed by atoms with Crippen LogP contribution < -0.4 is 15.0 Å². The molecule has 1 aromatic heterocycles. The number of nitrogens with one attached hydrogen (secondary N) is 1. The van der Waals surface area contributed by atoms with Crippen LogP contribution in [0.2, 0.25) is 0 Å². The topological polar surface area (TPSA) is 72.3 Å². The van der Waals surface area contributed by atoms with Crippen molar-refractivity contribution in [2.24, 2.45) is 0 Å². The number of methoxy groups -OCH3 is 1. The summed E-state index contributed by atoms with van der Waals surface area (Å²) >= 11 is 1.48. The van der Waals surface area contributed by atoms with Crippen LogP contribution in [0.15, 0.2) is 53.7 Å². The van der Waals surface area contributed by atoms with Crippen LogP contribution in [0.25, 0.3) is 0 Å². The molecule has 2 aromatic carbocycles. The zero-order valence-corrected chi connectivity index (χ0v) is 20.6. The number of thioether (sulfide) groups is 1. The third-order valence-corrected chi connectivity index (χ3v) is 7.59. The number of hydrogen-bond acceptors (Lipinski definition) is 6. The number of carbonyl (C=O) groups excluding carboxylic acids is 1. The van der Waals surface area contributed by atoms with Crippen LogP contribution >= 0.6 is 11.8 Å². The highest BCUT2D eigenvalue weighted by atomic mass is 32.2. The van der Waals surface area contributed by atoms with Crippen LogP contribution in [0, 0.1) is 6.92 Å². The molecule has 2 heterocycles. The van der Waals surface area contributed by atoms with Gasteiger partial charge in [0.1, 0.15) is 11.0 Å². The Balaban J connectivity index is 1.45. The lowest BCUT2D eigenvalue weighted by Crippen LogP contribution is -2.32. The van der Waals surface area contributed by atoms with Gasteiger partial charge in [-0.15, -0.1) is 10.2 Å². The van der Waals surface area contributed by atoms with Gasteiger partial charge in [0.25, 0.3) is 0 Å². The summed E-state index contributed by atoms with van der Waals surface area (Å²) in [7, 11) is 1.62. The summed E-state index contributed by atoms with van der Waals surface area (Å²) in [5, 5.41) is 12.6. The molecule has 1 saturated heterocycles.